The summed E-state index contributed by atoms with van der Waals surface area (Å²) in [6.07, 6.45) is 4.66. The zero-order chi connectivity index (χ0) is 28.8. The highest BCUT2D eigenvalue weighted by atomic mass is 16.4. The van der Waals surface area contributed by atoms with Gasteiger partial charge in [0.25, 0.3) is 0 Å². The van der Waals surface area contributed by atoms with Gasteiger partial charge in [-0.05, 0) is 12.8 Å². The number of carboxylic acid groups (broad SMARTS) is 1. The number of amides is 5. The van der Waals surface area contributed by atoms with Crippen LogP contribution in [0.1, 0.15) is 19.3 Å². The Hall–Kier alpha value is -4.43. The van der Waals surface area contributed by atoms with E-state index in [1.807, 2.05) is 0 Å². The third-order valence-corrected chi connectivity index (χ3v) is 4.05. The zero-order valence-electron chi connectivity index (χ0n) is 20.4. The Labute approximate surface area is 213 Å². The Balaban J connectivity index is 0. The minimum absolute atomic E-state index is 0.0648. The smallest absolute Gasteiger partial charge is 0.305 e. The first-order valence-corrected chi connectivity index (χ1v) is 10.8. The van der Waals surface area contributed by atoms with E-state index in [0.29, 0.717) is 6.42 Å². The summed E-state index contributed by atoms with van der Waals surface area (Å²) in [5, 5.41) is 27.3. The number of aliphatic hydroxyl groups excluding tert-OH is 1. The molecule has 17 heteroatoms. The highest BCUT2D eigenvalue weighted by molar-refractivity contribution is 5.95. The van der Waals surface area contributed by atoms with Crippen LogP contribution in [0.5, 0.6) is 0 Å². The van der Waals surface area contributed by atoms with E-state index in [0.717, 1.165) is 7.11 Å². The first-order valence-electron chi connectivity index (χ1n) is 10.8. The molecule has 1 unspecified atom stereocenters. The topological polar surface area (TPSA) is 293 Å². The van der Waals surface area contributed by atoms with E-state index in [2.05, 4.69) is 37.5 Å². The third-order valence-electron chi connectivity index (χ3n) is 4.05. The van der Waals surface area contributed by atoms with E-state index >= 15 is 0 Å². The van der Waals surface area contributed by atoms with Crippen molar-refractivity contribution in [3.05, 3.63) is 0 Å². The summed E-state index contributed by atoms with van der Waals surface area (Å²) in [4.78, 5) is 74.8. The molecule has 0 aromatic rings. The van der Waals surface area contributed by atoms with E-state index in [1.165, 1.54) is 0 Å². The largest absolute Gasteiger partial charge is 0.481 e. The number of aliphatic carboxylic acids is 1. The normalized spacial score (nSPS) is 11.1. The maximum absolute atomic E-state index is 12.4. The van der Waals surface area contributed by atoms with Gasteiger partial charge in [0.2, 0.25) is 29.5 Å². The molecule has 0 heterocycles. The van der Waals surface area contributed by atoms with Crippen LogP contribution >= 0.6 is 0 Å². The van der Waals surface area contributed by atoms with E-state index in [1.54, 1.807) is 0 Å². The Bertz CT molecular complexity index is 853. The van der Waals surface area contributed by atoms with Crippen molar-refractivity contribution in [2.75, 3.05) is 39.8 Å². The van der Waals surface area contributed by atoms with Gasteiger partial charge in [-0.25, -0.2) is 0 Å². The van der Waals surface area contributed by atoms with Gasteiger partial charge in [-0.2, -0.15) is 0 Å². The fourth-order valence-electron chi connectivity index (χ4n) is 2.45. The average Bonchev–Trinajstić information content (AvgIpc) is 2.86. The fourth-order valence-corrected chi connectivity index (χ4v) is 2.45. The molecule has 0 aliphatic rings. The van der Waals surface area contributed by atoms with Crippen LogP contribution in [0.25, 0.3) is 0 Å². The van der Waals surface area contributed by atoms with Crippen LogP contribution in [0.2, 0.25) is 0 Å². The number of guanidine groups is 1. The molecular formula is C20H35N9O8. The van der Waals surface area contributed by atoms with Crippen molar-refractivity contribution in [2.45, 2.75) is 31.3 Å². The second-order valence-electron chi connectivity index (χ2n) is 6.91. The summed E-state index contributed by atoms with van der Waals surface area (Å²) in [5.74, 6) is -3.14. The maximum Gasteiger partial charge on any atom is 0.305 e. The van der Waals surface area contributed by atoms with Gasteiger partial charge in [0, 0.05) is 13.7 Å². The predicted octanol–water partition coefficient (Wildman–Crippen LogP) is -5.97. The molecule has 0 fully saturated rings. The molecule has 0 radical (unpaired) electrons. The number of hydrogen-bond acceptors (Lipinski definition) is 9. The highest BCUT2D eigenvalue weighted by Crippen LogP contribution is 1.99. The molecule has 0 aromatic carbocycles. The summed E-state index contributed by atoms with van der Waals surface area (Å²) in [6.45, 7) is -1.37. The number of nitrogens with one attached hydrogen (secondary N) is 5. The molecular weight excluding hydrogens is 494 g/mol. The lowest BCUT2D eigenvalue weighted by Crippen LogP contribution is -2.53. The number of nitrogens with zero attached hydrogens (tertiary/aromatic N) is 1. The minimum Gasteiger partial charge on any atom is -0.481 e. The molecule has 13 N–H and O–H groups in total. The molecule has 0 rings (SSSR count). The molecule has 37 heavy (non-hydrogen) atoms. The Kier molecular flexibility index (Phi) is 19.6. The summed E-state index contributed by atoms with van der Waals surface area (Å²) in [5.41, 5.74) is 15.7. The lowest BCUT2D eigenvalue weighted by Gasteiger charge is -2.19. The summed E-state index contributed by atoms with van der Waals surface area (Å²) in [6, 6.07) is -2.57. The predicted molar refractivity (Wildman–Crippen MR) is 131 cm³/mol. The van der Waals surface area contributed by atoms with Gasteiger partial charge in [0.15, 0.2) is 5.96 Å². The number of carbonyl (C=O) groups excluding carboxylic acids is 5. The van der Waals surface area contributed by atoms with Crippen molar-refractivity contribution >= 4 is 41.5 Å². The van der Waals surface area contributed by atoms with Gasteiger partial charge in [0.1, 0.15) is 12.1 Å². The first-order chi connectivity index (χ1) is 17.5. The van der Waals surface area contributed by atoms with Crippen LogP contribution in [0.4, 0.5) is 0 Å². The van der Waals surface area contributed by atoms with Crippen LogP contribution in [0.15, 0.2) is 4.99 Å². The van der Waals surface area contributed by atoms with Gasteiger partial charge >= 0.3 is 5.97 Å². The zero-order valence-corrected chi connectivity index (χ0v) is 20.4. The van der Waals surface area contributed by atoms with Crippen LogP contribution < -0.4 is 43.8 Å². The standard InChI is InChI=1S/C19H31N9O7.CH4O/c1-2-5-23-14(30)9-25-18(35)12(7-16(32)33)28-15(31)10-26-17(34)11(27-13(29)8-20)4-3-6-24-19(21)22;1-2/h1,11-12H,3-10,20H2,(H,23,30)(H,25,35)(H,26,34)(H,27,29)(H,28,31)(H,32,33)(H4,21,22,24);2H,1H3/t11?,12-;/m0./s1. The SMILES string of the molecule is C#CCNC(=O)CNC(=O)[C@H](CC(=O)O)NC(=O)CNC(=O)C(CCCN=C(N)N)NC(=O)CN.CO. The summed E-state index contributed by atoms with van der Waals surface area (Å²) < 4.78 is 0. The molecule has 0 bridgehead atoms. The molecule has 0 aliphatic carbocycles. The van der Waals surface area contributed by atoms with Crippen molar-refractivity contribution < 1.29 is 39.0 Å². The number of rotatable bonds is 16. The summed E-state index contributed by atoms with van der Waals surface area (Å²) >= 11 is 0. The number of nitrogens with two attached hydrogens (primary N) is 3. The second-order valence-corrected chi connectivity index (χ2v) is 6.91. The maximum atomic E-state index is 12.4. The molecule has 0 aromatic heterocycles. The second kappa shape index (κ2) is 20.9. The van der Waals surface area contributed by atoms with Gasteiger partial charge in [0.05, 0.1) is 32.6 Å². The molecule has 2 atom stereocenters. The van der Waals surface area contributed by atoms with Crippen LogP contribution in [0, 0.1) is 12.3 Å². The number of carboxylic acids is 1. The molecule has 0 saturated carbocycles. The summed E-state index contributed by atoms with van der Waals surface area (Å²) in [7, 11) is 1.00. The molecule has 0 aliphatic heterocycles. The lowest BCUT2D eigenvalue weighted by molar-refractivity contribution is -0.140. The number of terminal acetylenes is 1. The van der Waals surface area contributed by atoms with E-state index in [9.17, 15) is 28.8 Å². The van der Waals surface area contributed by atoms with Crippen molar-refractivity contribution in [3.8, 4) is 12.3 Å². The van der Waals surface area contributed by atoms with Crippen LogP contribution in [-0.4, -0.2) is 104 Å². The number of carbonyl (C=O) groups is 6. The van der Waals surface area contributed by atoms with E-state index in [-0.39, 0.29) is 32.0 Å². The molecule has 0 saturated heterocycles. The number of aliphatic imine (C=N–C) groups is 1. The Morgan fingerprint density at radius 1 is 0.892 bits per heavy atom. The van der Waals surface area contributed by atoms with Crippen LogP contribution in [0.3, 0.4) is 0 Å². The Morgan fingerprint density at radius 3 is 1.95 bits per heavy atom. The average molecular weight is 530 g/mol. The van der Waals surface area contributed by atoms with E-state index < -0.39 is 67.1 Å². The molecule has 17 nitrogen and oxygen atoms in total. The van der Waals surface area contributed by atoms with Gasteiger partial charge in [-0.3, -0.25) is 33.8 Å². The quantitative estimate of drug-likeness (QED) is 0.0388. The number of hydrogen-bond donors (Lipinski definition) is 10. The Morgan fingerprint density at radius 2 is 1.43 bits per heavy atom. The van der Waals surface area contributed by atoms with Crippen molar-refractivity contribution in [1.29, 1.82) is 0 Å². The minimum atomic E-state index is -1.52. The van der Waals surface area contributed by atoms with Gasteiger partial charge < -0.3 is 54.0 Å². The molecule has 208 valence electrons. The number of aliphatic hydroxyl groups is 1. The monoisotopic (exact) mass is 529 g/mol. The molecule has 5 amide bonds. The van der Waals surface area contributed by atoms with Crippen LogP contribution in [-0.2, 0) is 28.8 Å². The van der Waals surface area contributed by atoms with E-state index in [4.69, 9.17) is 33.8 Å². The third kappa shape index (κ3) is 18.6. The fraction of sp³-hybridized carbons (Fsp3) is 0.550. The van der Waals surface area contributed by atoms with Crippen molar-refractivity contribution in [1.82, 2.24) is 26.6 Å². The van der Waals surface area contributed by atoms with Gasteiger partial charge in [-0.15, -0.1) is 6.42 Å². The lowest BCUT2D eigenvalue weighted by atomic mass is 10.1. The van der Waals surface area contributed by atoms with Crippen molar-refractivity contribution in [2.24, 2.45) is 22.2 Å². The highest BCUT2D eigenvalue weighted by Gasteiger charge is 2.25. The molecule has 0 spiro atoms. The van der Waals surface area contributed by atoms with Crippen molar-refractivity contribution in [3.63, 3.8) is 0 Å². The first kappa shape index (κ1) is 34.7. The van der Waals surface area contributed by atoms with Gasteiger partial charge in [-0.1, -0.05) is 5.92 Å².